The van der Waals surface area contributed by atoms with E-state index in [2.05, 4.69) is 9.97 Å². The Labute approximate surface area is 113 Å². The lowest BCUT2D eigenvalue weighted by atomic mass is 10.2. The van der Waals surface area contributed by atoms with Crippen molar-refractivity contribution >= 4 is 39.3 Å². The zero-order valence-corrected chi connectivity index (χ0v) is 11.1. The highest BCUT2D eigenvalue weighted by Crippen LogP contribution is 2.43. The number of hydrogen-bond acceptors (Lipinski definition) is 5. The molecule has 102 valence electrons. The van der Waals surface area contributed by atoms with E-state index in [-0.39, 0.29) is 25.9 Å². The van der Waals surface area contributed by atoms with Crippen LogP contribution in [0.3, 0.4) is 0 Å². The third-order valence-electron chi connectivity index (χ3n) is 2.25. The molecule has 0 amide bonds. The number of aryl methyl sites for hydroxylation is 1. The van der Waals surface area contributed by atoms with Crippen LogP contribution in [0.25, 0.3) is 10.2 Å². The second-order valence-corrected chi connectivity index (χ2v) is 5.74. The number of aliphatic carboxylic acids is 1. The summed E-state index contributed by atoms with van der Waals surface area (Å²) in [6, 6.07) is 0. The summed E-state index contributed by atoms with van der Waals surface area (Å²) >= 11 is 1.68. The molecule has 2 heterocycles. The van der Waals surface area contributed by atoms with Crippen molar-refractivity contribution < 1.29 is 23.1 Å². The first kappa shape index (κ1) is 14.1. The Bertz CT molecular complexity index is 639. The van der Waals surface area contributed by atoms with Crippen molar-refractivity contribution in [3.8, 4) is 0 Å². The number of hydrogen-bond donors (Lipinski definition) is 1. The highest BCUT2D eigenvalue weighted by molar-refractivity contribution is 8.00. The van der Waals surface area contributed by atoms with E-state index in [0.717, 1.165) is 29.4 Å². The van der Waals surface area contributed by atoms with E-state index in [1.165, 1.54) is 6.92 Å². The summed E-state index contributed by atoms with van der Waals surface area (Å²) in [5.41, 5.74) is -0.777. The molecular weight excluding hydrogens is 301 g/mol. The van der Waals surface area contributed by atoms with E-state index < -0.39 is 17.7 Å². The fraction of sp³-hybridized carbons (Fsp3) is 0.300. The molecule has 0 aromatic carbocycles. The molecule has 0 bridgehead atoms. The second kappa shape index (κ2) is 4.97. The summed E-state index contributed by atoms with van der Waals surface area (Å²) in [6.45, 7) is 1.36. The number of rotatable bonds is 3. The lowest BCUT2D eigenvalue weighted by Crippen LogP contribution is -2.07. The van der Waals surface area contributed by atoms with Gasteiger partial charge >= 0.3 is 12.1 Å². The third-order valence-corrected chi connectivity index (χ3v) is 4.23. The topological polar surface area (TPSA) is 63.1 Å². The van der Waals surface area contributed by atoms with Gasteiger partial charge in [-0.05, 0) is 6.92 Å². The van der Waals surface area contributed by atoms with Gasteiger partial charge in [0.05, 0.1) is 16.7 Å². The van der Waals surface area contributed by atoms with Crippen molar-refractivity contribution in [2.75, 3.05) is 5.75 Å². The van der Waals surface area contributed by atoms with Gasteiger partial charge in [0.1, 0.15) is 16.2 Å². The number of carboxylic acids is 1. The van der Waals surface area contributed by atoms with Gasteiger partial charge in [-0.15, -0.1) is 11.3 Å². The molecule has 0 fully saturated rings. The number of nitrogens with zero attached hydrogens (tertiary/aromatic N) is 2. The Morgan fingerprint density at radius 2 is 2.16 bits per heavy atom. The number of fused-ring (bicyclic) bond motifs is 1. The molecule has 2 rings (SSSR count). The van der Waals surface area contributed by atoms with Gasteiger partial charge in [-0.25, -0.2) is 9.97 Å². The summed E-state index contributed by atoms with van der Waals surface area (Å²) in [5.74, 6) is -1.46. The standard InChI is InChI=1S/C10H7F3N2O2S2/c1-4-7(10(11,12)13)6-8(18-2-5(16)17)14-3-15-9(6)19-4/h3H,2H2,1H3,(H,16,17). The summed E-state index contributed by atoms with van der Waals surface area (Å²) in [6.07, 6.45) is -3.37. The molecule has 1 N–H and O–H groups in total. The van der Waals surface area contributed by atoms with Crippen LogP contribution in [0.1, 0.15) is 10.4 Å². The minimum atomic E-state index is -4.51. The molecule has 2 aromatic heterocycles. The minimum Gasteiger partial charge on any atom is -0.481 e. The van der Waals surface area contributed by atoms with Crippen LogP contribution in [0, 0.1) is 6.92 Å². The van der Waals surface area contributed by atoms with Gasteiger partial charge in [-0.1, -0.05) is 11.8 Å². The molecule has 0 aliphatic rings. The minimum absolute atomic E-state index is 0.0454. The summed E-state index contributed by atoms with van der Waals surface area (Å²) < 4.78 is 39.0. The number of thioether (sulfide) groups is 1. The Morgan fingerprint density at radius 3 is 2.74 bits per heavy atom. The van der Waals surface area contributed by atoms with Crippen LogP contribution in [0.4, 0.5) is 13.2 Å². The molecule has 0 spiro atoms. The number of carbonyl (C=O) groups is 1. The smallest absolute Gasteiger partial charge is 0.418 e. The largest absolute Gasteiger partial charge is 0.481 e. The number of alkyl halides is 3. The van der Waals surface area contributed by atoms with Crippen LogP contribution in [0.5, 0.6) is 0 Å². The SMILES string of the molecule is Cc1sc2ncnc(SCC(=O)O)c2c1C(F)(F)F. The van der Waals surface area contributed by atoms with Crippen LogP contribution < -0.4 is 0 Å². The first-order valence-corrected chi connectivity index (χ1v) is 6.76. The van der Waals surface area contributed by atoms with Crippen LogP contribution >= 0.6 is 23.1 Å². The molecule has 4 nitrogen and oxygen atoms in total. The van der Waals surface area contributed by atoms with Crippen molar-refractivity contribution in [2.45, 2.75) is 18.1 Å². The first-order valence-electron chi connectivity index (χ1n) is 4.96. The molecule has 0 saturated heterocycles. The number of carboxylic acid groups (broad SMARTS) is 1. The van der Waals surface area contributed by atoms with Crippen molar-refractivity contribution in [2.24, 2.45) is 0 Å². The molecule has 2 aromatic rings. The van der Waals surface area contributed by atoms with Gasteiger partial charge in [-0.2, -0.15) is 13.2 Å². The summed E-state index contributed by atoms with van der Waals surface area (Å²) in [4.78, 5) is 18.4. The maximum Gasteiger partial charge on any atom is 0.418 e. The zero-order chi connectivity index (χ0) is 14.2. The Balaban J connectivity index is 2.62. The van der Waals surface area contributed by atoms with Crippen molar-refractivity contribution in [1.82, 2.24) is 9.97 Å². The molecule has 0 aliphatic heterocycles. The molecule has 0 atom stereocenters. The van der Waals surface area contributed by atoms with Gasteiger partial charge in [0, 0.05) is 4.88 Å². The molecule has 0 aliphatic carbocycles. The lowest BCUT2D eigenvalue weighted by Gasteiger charge is -2.08. The van der Waals surface area contributed by atoms with Gasteiger partial charge in [0.2, 0.25) is 0 Å². The Kier molecular flexibility index (Phi) is 3.68. The molecule has 0 radical (unpaired) electrons. The molecular formula is C10H7F3N2O2S2. The van der Waals surface area contributed by atoms with Crippen LogP contribution in [-0.2, 0) is 11.0 Å². The predicted octanol–water partition coefficient (Wildman–Crippen LogP) is 3.20. The van der Waals surface area contributed by atoms with E-state index in [1.807, 2.05) is 0 Å². The van der Waals surface area contributed by atoms with Crippen LogP contribution in [0.15, 0.2) is 11.4 Å². The summed E-state index contributed by atoms with van der Waals surface area (Å²) in [7, 11) is 0. The van der Waals surface area contributed by atoms with Crippen molar-refractivity contribution in [3.05, 3.63) is 16.8 Å². The van der Waals surface area contributed by atoms with Crippen LogP contribution in [-0.4, -0.2) is 26.8 Å². The highest BCUT2D eigenvalue weighted by atomic mass is 32.2. The quantitative estimate of drug-likeness (QED) is 0.697. The molecule has 19 heavy (non-hydrogen) atoms. The van der Waals surface area contributed by atoms with E-state index in [1.54, 1.807) is 0 Å². The van der Waals surface area contributed by atoms with Gasteiger partial charge in [0.15, 0.2) is 0 Å². The lowest BCUT2D eigenvalue weighted by molar-refractivity contribution is -0.136. The summed E-state index contributed by atoms with van der Waals surface area (Å²) in [5, 5.41) is 8.54. The van der Waals surface area contributed by atoms with Gasteiger partial charge in [0.25, 0.3) is 0 Å². The number of aromatic nitrogens is 2. The van der Waals surface area contributed by atoms with E-state index in [9.17, 15) is 18.0 Å². The van der Waals surface area contributed by atoms with Crippen molar-refractivity contribution in [3.63, 3.8) is 0 Å². The zero-order valence-electron chi connectivity index (χ0n) is 9.48. The molecule has 9 heteroatoms. The van der Waals surface area contributed by atoms with Crippen molar-refractivity contribution in [1.29, 1.82) is 0 Å². The fourth-order valence-electron chi connectivity index (χ4n) is 1.60. The Morgan fingerprint density at radius 1 is 1.47 bits per heavy atom. The van der Waals surface area contributed by atoms with Gasteiger partial charge in [-0.3, -0.25) is 4.79 Å². The van der Waals surface area contributed by atoms with E-state index in [0.29, 0.717) is 0 Å². The average Bonchev–Trinajstić information content (AvgIpc) is 2.61. The first-order chi connectivity index (χ1) is 8.80. The predicted molar refractivity (Wildman–Crippen MR) is 65.5 cm³/mol. The maximum atomic E-state index is 13.0. The highest BCUT2D eigenvalue weighted by Gasteiger charge is 2.37. The molecule has 0 unspecified atom stereocenters. The molecule has 0 saturated carbocycles. The number of halogens is 3. The monoisotopic (exact) mass is 308 g/mol. The Hall–Kier alpha value is -1.35. The number of thiophene rings is 1. The van der Waals surface area contributed by atoms with E-state index in [4.69, 9.17) is 5.11 Å². The fourth-order valence-corrected chi connectivity index (χ4v) is 3.40. The second-order valence-electron chi connectivity index (χ2n) is 3.57. The third kappa shape index (κ3) is 2.81. The normalized spacial score (nSPS) is 12.0. The van der Waals surface area contributed by atoms with E-state index >= 15 is 0 Å². The average molecular weight is 308 g/mol. The van der Waals surface area contributed by atoms with Crippen LogP contribution in [0.2, 0.25) is 0 Å². The van der Waals surface area contributed by atoms with Gasteiger partial charge < -0.3 is 5.11 Å². The maximum absolute atomic E-state index is 13.0.